The van der Waals surface area contributed by atoms with E-state index in [1.54, 1.807) is 0 Å². The van der Waals surface area contributed by atoms with Crippen molar-refractivity contribution in [2.45, 2.75) is 10.9 Å². The molecule has 20 heavy (non-hydrogen) atoms. The molecule has 0 fully saturated rings. The number of hydrogen-bond acceptors (Lipinski definition) is 3. The third-order valence-electron chi connectivity index (χ3n) is 2.77. The van der Waals surface area contributed by atoms with Crippen LogP contribution >= 0.6 is 11.8 Å². The van der Waals surface area contributed by atoms with Gasteiger partial charge in [-0.05, 0) is 16.8 Å². The molecule has 1 atom stereocenters. The molecule has 0 saturated heterocycles. The van der Waals surface area contributed by atoms with Crippen molar-refractivity contribution in [1.82, 2.24) is 5.32 Å². The van der Waals surface area contributed by atoms with Crippen LogP contribution in [0.4, 0.5) is 4.79 Å². The average molecular weight is 285 g/mol. The lowest BCUT2D eigenvalue weighted by atomic mass is 10.1. The Labute approximate surface area is 122 Å². The molecule has 0 aliphatic heterocycles. The standard InChI is InChI=1S/C14H12BNO3S/c15-14(19)16-11(13(17)18)8-20-12-7-3-5-9-4-1-2-6-10(9)12/h1-7,11H,8H2,(H,16,19)(H,17,18). The smallest absolute Gasteiger partial charge is 0.327 e. The molecular formula is C14H12BNO3S. The van der Waals surface area contributed by atoms with Crippen LogP contribution in [-0.4, -0.2) is 36.5 Å². The minimum atomic E-state index is -1.10. The normalized spacial score (nSPS) is 12.0. The molecule has 0 aliphatic rings. The molecular weight excluding hydrogens is 273 g/mol. The number of aliphatic carboxylic acids is 1. The number of nitrogens with one attached hydrogen (secondary N) is 1. The van der Waals surface area contributed by atoms with Crippen LogP contribution in [0.5, 0.6) is 0 Å². The number of rotatable bonds is 5. The fourth-order valence-corrected chi connectivity index (χ4v) is 2.93. The highest BCUT2D eigenvalue weighted by Crippen LogP contribution is 2.28. The molecule has 4 nitrogen and oxygen atoms in total. The van der Waals surface area contributed by atoms with E-state index in [0.717, 1.165) is 15.7 Å². The highest BCUT2D eigenvalue weighted by atomic mass is 32.2. The summed E-state index contributed by atoms with van der Waals surface area (Å²) in [4.78, 5) is 22.8. The van der Waals surface area contributed by atoms with Gasteiger partial charge < -0.3 is 10.4 Å². The Hall–Kier alpha value is -1.95. The molecule has 0 aromatic heterocycles. The van der Waals surface area contributed by atoms with Gasteiger partial charge in [0.25, 0.3) is 0 Å². The maximum absolute atomic E-state index is 11.0. The first-order valence-corrected chi connectivity index (χ1v) is 6.96. The van der Waals surface area contributed by atoms with Crippen molar-refractivity contribution in [2.75, 3.05) is 5.75 Å². The summed E-state index contributed by atoms with van der Waals surface area (Å²) >= 11 is 1.38. The quantitative estimate of drug-likeness (QED) is 0.653. The Morgan fingerprint density at radius 3 is 2.60 bits per heavy atom. The largest absolute Gasteiger partial charge is 0.480 e. The van der Waals surface area contributed by atoms with Crippen molar-refractivity contribution in [2.24, 2.45) is 0 Å². The summed E-state index contributed by atoms with van der Waals surface area (Å²) in [6.45, 7) is 0. The molecule has 2 aromatic carbocycles. The van der Waals surface area contributed by atoms with E-state index >= 15 is 0 Å². The lowest BCUT2D eigenvalue weighted by molar-refractivity contribution is -0.138. The summed E-state index contributed by atoms with van der Waals surface area (Å²) in [5, 5.41) is 13.4. The van der Waals surface area contributed by atoms with Crippen molar-refractivity contribution in [1.29, 1.82) is 0 Å². The van der Waals surface area contributed by atoms with Gasteiger partial charge in [-0.2, -0.15) is 0 Å². The van der Waals surface area contributed by atoms with Gasteiger partial charge in [0.2, 0.25) is 7.85 Å². The third-order valence-corrected chi connectivity index (χ3v) is 3.94. The van der Waals surface area contributed by atoms with E-state index in [4.69, 9.17) is 13.0 Å². The number of amides is 1. The van der Waals surface area contributed by atoms with Gasteiger partial charge in [-0.15, -0.1) is 11.8 Å². The minimum absolute atomic E-state index is 0.215. The molecule has 2 radical (unpaired) electrons. The van der Waals surface area contributed by atoms with E-state index in [9.17, 15) is 9.59 Å². The summed E-state index contributed by atoms with van der Waals surface area (Å²) in [5.74, 6) is -1.72. The van der Waals surface area contributed by atoms with Gasteiger partial charge in [0.05, 0.1) is 0 Å². The van der Waals surface area contributed by atoms with Crippen molar-refractivity contribution in [3.63, 3.8) is 0 Å². The molecule has 0 aliphatic carbocycles. The molecule has 1 unspecified atom stereocenters. The second-order valence-electron chi connectivity index (χ2n) is 4.19. The second-order valence-corrected chi connectivity index (χ2v) is 5.25. The van der Waals surface area contributed by atoms with Crippen LogP contribution in [0, 0.1) is 0 Å². The van der Waals surface area contributed by atoms with E-state index in [2.05, 4.69) is 5.32 Å². The van der Waals surface area contributed by atoms with Gasteiger partial charge in [0, 0.05) is 10.6 Å². The zero-order valence-electron chi connectivity index (χ0n) is 10.6. The lowest BCUT2D eigenvalue weighted by Gasteiger charge is -2.14. The molecule has 0 spiro atoms. The van der Waals surface area contributed by atoms with Crippen LogP contribution in [0.2, 0.25) is 0 Å². The molecule has 100 valence electrons. The van der Waals surface area contributed by atoms with Crippen LogP contribution in [-0.2, 0) is 4.79 Å². The first kappa shape index (κ1) is 14.5. The van der Waals surface area contributed by atoms with Crippen molar-refractivity contribution < 1.29 is 14.7 Å². The minimum Gasteiger partial charge on any atom is -0.480 e. The zero-order chi connectivity index (χ0) is 14.5. The summed E-state index contributed by atoms with van der Waals surface area (Å²) in [7, 11) is 4.97. The molecule has 2 N–H and O–H groups in total. The molecule has 0 heterocycles. The van der Waals surface area contributed by atoms with Crippen LogP contribution in [0.25, 0.3) is 10.8 Å². The highest BCUT2D eigenvalue weighted by molar-refractivity contribution is 7.99. The Bertz CT molecular complexity index is 642. The van der Waals surface area contributed by atoms with Crippen LogP contribution in [0.1, 0.15) is 0 Å². The SMILES string of the molecule is [B]C(=O)NC(CSc1cccc2ccccc12)C(=O)O. The number of carboxylic acid groups (broad SMARTS) is 1. The zero-order valence-corrected chi connectivity index (χ0v) is 11.4. The van der Waals surface area contributed by atoms with E-state index in [-0.39, 0.29) is 5.75 Å². The molecule has 1 amide bonds. The molecule has 0 bridgehead atoms. The number of carboxylic acids is 1. The first-order chi connectivity index (χ1) is 9.58. The highest BCUT2D eigenvalue weighted by Gasteiger charge is 2.18. The fourth-order valence-electron chi connectivity index (χ4n) is 1.84. The van der Waals surface area contributed by atoms with Gasteiger partial charge >= 0.3 is 5.97 Å². The number of carbonyl (C=O) groups is 2. The fraction of sp³-hybridized carbons (Fsp3) is 0.143. The third kappa shape index (κ3) is 3.54. The summed E-state index contributed by atoms with van der Waals surface area (Å²) < 4.78 is 0. The Morgan fingerprint density at radius 2 is 1.90 bits per heavy atom. The van der Waals surface area contributed by atoms with E-state index in [1.165, 1.54) is 11.8 Å². The maximum Gasteiger partial charge on any atom is 0.327 e. The first-order valence-electron chi connectivity index (χ1n) is 5.97. The van der Waals surface area contributed by atoms with Gasteiger partial charge in [-0.1, -0.05) is 36.4 Å². The molecule has 6 heteroatoms. The van der Waals surface area contributed by atoms with Crippen LogP contribution < -0.4 is 5.32 Å². The monoisotopic (exact) mass is 285 g/mol. The maximum atomic E-state index is 11.0. The predicted molar refractivity (Wildman–Crippen MR) is 80.4 cm³/mol. The van der Waals surface area contributed by atoms with Crippen LogP contribution in [0.3, 0.4) is 0 Å². The predicted octanol–water partition coefficient (Wildman–Crippen LogP) is 2.26. The molecule has 2 rings (SSSR count). The number of benzene rings is 2. The van der Waals surface area contributed by atoms with Gasteiger partial charge in [-0.3, -0.25) is 4.79 Å². The van der Waals surface area contributed by atoms with Crippen LogP contribution in [0.15, 0.2) is 47.4 Å². The van der Waals surface area contributed by atoms with Gasteiger partial charge in [0.1, 0.15) is 6.04 Å². The van der Waals surface area contributed by atoms with E-state index in [0.29, 0.717) is 0 Å². The molecule has 0 saturated carbocycles. The number of carbonyl (C=O) groups excluding carboxylic acids is 1. The van der Waals surface area contributed by atoms with Gasteiger partial charge in [0.15, 0.2) is 5.81 Å². The Balaban J connectivity index is 2.15. The van der Waals surface area contributed by atoms with Crippen molar-refractivity contribution in [3.8, 4) is 0 Å². The van der Waals surface area contributed by atoms with Crippen molar-refractivity contribution in [3.05, 3.63) is 42.5 Å². The number of fused-ring (bicyclic) bond motifs is 1. The average Bonchev–Trinajstić information content (AvgIpc) is 2.42. The summed E-state index contributed by atoms with van der Waals surface area (Å²) in [5.41, 5.74) is 0. The topological polar surface area (TPSA) is 66.4 Å². The lowest BCUT2D eigenvalue weighted by Crippen LogP contribution is -2.42. The number of hydrogen-bond donors (Lipinski definition) is 2. The Morgan fingerprint density at radius 1 is 1.20 bits per heavy atom. The Kier molecular flexibility index (Phi) is 4.68. The summed E-state index contributed by atoms with van der Waals surface area (Å²) in [6.07, 6.45) is 0. The number of thioether (sulfide) groups is 1. The van der Waals surface area contributed by atoms with Gasteiger partial charge in [-0.25, -0.2) is 4.79 Å². The second kappa shape index (κ2) is 6.48. The summed E-state index contributed by atoms with van der Waals surface area (Å²) in [6, 6.07) is 12.7. The van der Waals surface area contributed by atoms with E-state index in [1.807, 2.05) is 42.5 Å². The van der Waals surface area contributed by atoms with E-state index < -0.39 is 17.8 Å². The van der Waals surface area contributed by atoms with Crippen molar-refractivity contribution >= 4 is 42.2 Å². The molecule has 2 aromatic rings.